The molecule has 0 aromatic rings. The molecule has 0 bridgehead atoms. The maximum absolute atomic E-state index is 10.8. The molecule has 1 atom stereocenters. The molecular weight excluding hydrogens is 127 g/mol. The molecule has 0 aliphatic carbocycles. The summed E-state index contributed by atoms with van der Waals surface area (Å²) in [6, 6.07) is 0. The first-order valence-corrected chi connectivity index (χ1v) is 5.55. The molecule has 40 valence electrons. The Balaban J connectivity index is 2.70. The van der Waals surface area contributed by atoms with E-state index in [4.69, 9.17) is 0 Å². The van der Waals surface area contributed by atoms with Crippen LogP contribution in [0.3, 0.4) is 0 Å². The van der Waals surface area contributed by atoms with Crippen LogP contribution in [0.15, 0.2) is 0 Å². The van der Waals surface area contributed by atoms with Crippen molar-refractivity contribution in [2.75, 3.05) is 5.08 Å². The summed E-state index contributed by atoms with van der Waals surface area (Å²) in [4.78, 5) is 0. The van der Waals surface area contributed by atoms with Gasteiger partial charge in [0.1, 0.15) is 0 Å². The average molecular weight is 134 g/mol. The van der Waals surface area contributed by atoms with E-state index in [0.717, 1.165) is 11.4 Å². The van der Waals surface area contributed by atoms with Crippen molar-refractivity contribution in [2.24, 2.45) is 0 Å². The first-order chi connectivity index (χ1) is 3.27. The molecule has 0 aromatic heterocycles. The van der Waals surface area contributed by atoms with Crippen LogP contribution in [0.5, 0.6) is 0 Å². The van der Waals surface area contributed by atoms with Crippen LogP contribution in [0.4, 0.5) is 0 Å². The summed E-state index contributed by atoms with van der Waals surface area (Å²) in [7, 11) is 0.185. The third kappa shape index (κ3) is 1.50. The first-order valence-electron chi connectivity index (χ1n) is 2.26. The van der Waals surface area contributed by atoms with Crippen LogP contribution in [0.1, 0.15) is 6.92 Å². The van der Waals surface area contributed by atoms with Crippen LogP contribution >= 0.6 is 10.8 Å². The van der Waals surface area contributed by atoms with Gasteiger partial charge in [-0.15, -0.1) is 0 Å². The predicted octanol–water partition coefficient (Wildman–Crippen LogP) is 0.948. The summed E-state index contributed by atoms with van der Waals surface area (Å²) in [6.45, 7) is 2.02. The zero-order valence-corrected chi connectivity index (χ0v) is 5.85. The molecule has 4 heteroatoms. The normalized spacial score (nSPS) is 37.3. The summed E-state index contributed by atoms with van der Waals surface area (Å²) in [5.41, 5.74) is 0. The van der Waals surface area contributed by atoms with Gasteiger partial charge in [-0.05, 0) is 0 Å². The van der Waals surface area contributed by atoms with Gasteiger partial charge in [0, 0.05) is 0 Å². The molecule has 0 aromatic carbocycles. The molecule has 1 fully saturated rings. The van der Waals surface area contributed by atoms with Gasteiger partial charge in [0.05, 0.1) is 0 Å². The van der Waals surface area contributed by atoms with Crippen LogP contribution in [0, 0.1) is 0 Å². The minimum absolute atomic E-state index is 0.876. The quantitative estimate of drug-likeness (QED) is 0.301. The van der Waals surface area contributed by atoms with Crippen LogP contribution in [-0.2, 0) is 8.39 Å². The molecule has 0 amide bonds. The van der Waals surface area contributed by atoms with Crippen LogP contribution in [0.2, 0.25) is 6.32 Å². The van der Waals surface area contributed by atoms with Crippen LogP contribution in [0.25, 0.3) is 0 Å². The van der Waals surface area contributed by atoms with Gasteiger partial charge in [0.25, 0.3) is 0 Å². The molecule has 1 unspecified atom stereocenters. The van der Waals surface area contributed by atoms with Crippen molar-refractivity contribution in [1.29, 1.82) is 0 Å². The summed E-state index contributed by atoms with van der Waals surface area (Å²) in [5.74, 6) is 0. The third-order valence-corrected chi connectivity index (χ3v) is 4.82. The van der Waals surface area contributed by atoms with Gasteiger partial charge < -0.3 is 0 Å². The SMILES string of the molecule is CCB=S1(=O)CS1. The van der Waals surface area contributed by atoms with Gasteiger partial charge in [0.2, 0.25) is 0 Å². The van der Waals surface area contributed by atoms with Gasteiger partial charge in [-0.3, -0.25) is 0 Å². The average Bonchev–Trinajstić information content (AvgIpc) is 2.22. The minimum atomic E-state index is -1.38. The predicted molar refractivity (Wildman–Crippen MR) is 36.8 cm³/mol. The topological polar surface area (TPSA) is 17.1 Å². The molecule has 1 saturated heterocycles. The molecular formula is C3H7BOS2. The summed E-state index contributed by atoms with van der Waals surface area (Å²) >= 11 is 0. The van der Waals surface area contributed by atoms with Gasteiger partial charge in [-0.25, -0.2) is 0 Å². The molecule has 7 heavy (non-hydrogen) atoms. The first kappa shape index (κ1) is 5.70. The molecule has 1 heterocycles. The van der Waals surface area contributed by atoms with Crippen molar-refractivity contribution in [2.45, 2.75) is 13.2 Å². The maximum atomic E-state index is 10.8. The van der Waals surface area contributed by atoms with E-state index in [-0.39, 0.29) is 0 Å². The van der Waals surface area contributed by atoms with E-state index in [1.807, 2.05) is 13.1 Å². The second-order valence-corrected chi connectivity index (χ2v) is 6.71. The standard InChI is InChI=1S/C3H7BOS2/c1-2-4-7(5)3-6-7/h2-3H2,1H3. The van der Waals surface area contributed by atoms with Crippen molar-refractivity contribution in [3.8, 4) is 0 Å². The Morgan fingerprint density at radius 1 is 2.00 bits per heavy atom. The molecule has 1 aliphatic rings. The van der Waals surface area contributed by atoms with Gasteiger partial charge in [-0.2, -0.15) is 0 Å². The molecule has 1 aliphatic heterocycles. The second-order valence-electron chi connectivity index (χ2n) is 1.47. The fraction of sp³-hybridized carbons (Fsp3) is 1.00. The van der Waals surface area contributed by atoms with Crippen molar-refractivity contribution in [1.82, 2.24) is 0 Å². The van der Waals surface area contributed by atoms with Crippen molar-refractivity contribution in [3.05, 3.63) is 0 Å². The van der Waals surface area contributed by atoms with Crippen LogP contribution in [-0.4, -0.2) is 15.4 Å². The molecule has 0 saturated carbocycles. The zero-order valence-electron chi connectivity index (χ0n) is 4.22. The monoisotopic (exact) mass is 134 g/mol. The van der Waals surface area contributed by atoms with E-state index in [9.17, 15) is 4.21 Å². The van der Waals surface area contributed by atoms with E-state index < -0.39 is 8.39 Å². The summed E-state index contributed by atoms with van der Waals surface area (Å²) < 4.78 is 10.8. The molecule has 0 radical (unpaired) electrons. The summed E-state index contributed by atoms with van der Waals surface area (Å²) in [6.07, 6.45) is 2.86. The number of hydrogen-bond donors (Lipinski definition) is 0. The Morgan fingerprint density at radius 2 is 2.57 bits per heavy atom. The van der Waals surface area contributed by atoms with E-state index in [1.54, 1.807) is 10.8 Å². The Labute approximate surface area is 48.4 Å². The molecule has 1 rings (SSSR count). The van der Waals surface area contributed by atoms with Crippen molar-refractivity contribution in [3.63, 3.8) is 0 Å². The van der Waals surface area contributed by atoms with Crippen molar-refractivity contribution >= 4 is 25.3 Å². The fourth-order valence-corrected chi connectivity index (χ4v) is 3.32. The summed E-state index contributed by atoms with van der Waals surface area (Å²) in [5, 5.41) is 0.876. The molecule has 0 N–H and O–H groups in total. The Bertz CT molecular complexity index is 158. The Hall–Kier alpha value is 0.565. The zero-order chi connectivity index (χ0) is 5.33. The molecule has 0 spiro atoms. The fourth-order valence-electron chi connectivity index (χ4n) is 0.398. The van der Waals surface area contributed by atoms with E-state index in [2.05, 4.69) is 0 Å². The molecule has 1 nitrogen and oxygen atoms in total. The van der Waals surface area contributed by atoms with Crippen LogP contribution < -0.4 is 0 Å². The van der Waals surface area contributed by atoms with Gasteiger partial charge in [-0.1, -0.05) is 0 Å². The third-order valence-electron chi connectivity index (χ3n) is 0.771. The number of hydrogen-bond acceptors (Lipinski definition) is 2. The van der Waals surface area contributed by atoms with E-state index >= 15 is 0 Å². The van der Waals surface area contributed by atoms with Crippen molar-refractivity contribution < 1.29 is 4.21 Å². The van der Waals surface area contributed by atoms with Gasteiger partial charge >= 0.3 is 47.9 Å². The Morgan fingerprint density at radius 3 is 2.71 bits per heavy atom. The number of rotatable bonds is 1. The van der Waals surface area contributed by atoms with Gasteiger partial charge in [0.15, 0.2) is 0 Å². The van der Waals surface area contributed by atoms with E-state index in [0.29, 0.717) is 0 Å². The van der Waals surface area contributed by atoms with E-state index in [1.165, 1.54) is 0 Å². The second kappa shape index (κ2) is 1.82. The Kier molecular flexibility index (Phi) is 1.48.